The molecular weight excluding hydrogens is 267 g/mol. The van der Waals surface area contributed by atoms with Gasteiger partial charge < -0.3 is 13.8 Å². The molecule has 0 rings (SSSR count). The van der Waals surface area contributed by atoms with Crippen LogP contribution in [0.1, 0.15) is 46.5 Å². The maximum atomic E-state index is 12.5. The van der Waals surface area contributed by atoms with Crippen LogP contribution in [-0.2, 0) is 23.1 Å². The van der Waals surface area contributed by atoms with E-state index in [0.717, 1.165) is 25.7 Å². The fourth-order valence-electron chi connectivity index (χ4n) is 1.45. The number of ether oxygens (including phenoxy) is 1. The molecule has 6 heteroatoms. The van der Waals surface area contributed by atoms with E-state index < -0.39 is 19.5 Å². The maximum Gasteiger partial charge on any atom is 0.331 e. The van der Waals surface area contributed by atoms with E-state index in [0.29, 0.717) is 13.2 Å². The van der Waals surface area contributed by atoms with Crippen molar-refractivity contribution in [3.8, 4) is 0 Å². The number of methoxy groups -OCH3 is 1. The molecular formula is C13H27O5P. The van der Waals surface area contributed by atoms with Crippen molar-refractivity contribution in [2.75, 3.05) is 26.5 Å². The van der Waals surface area contributed by atoms with Crippen LogP contribution in [0.4, 0.5) is 0 Å². The van der Waals surface area contributed by atoms with Crippen LogP contribution < -0.4 is 0 Å². The first kappa shape index (κ1) is 18.6. The SMILES string of the molecule is CCCCOP(=O)(CC(C)C(=O)OC)OCCCC. The third-order valence-corrected chi connectivity index (χ3v) is 4.82. The number of carbonyl (C=O) groups is 1. The molecule has 114 valence electrons. The molecule has 1 atom stereocenters. The van der Waals surface area contributed by atoms with E-state index in [1.54, 1.807) is 6.92 Å². The average Bonchev–Trinajstić information content (AvgIpc) is 2.38. The lowest BCUT2D eigenvalue weighted by atomic mass is 10.2. The van der Waals surface area contributed by atoms with Crippen molar-refractivity contribution in [2.24, 2.45) is 5.92 Å². The van der Waals surface area contributed by atoms with E-state index in [9.17, 15) is 9.36 Å². The molecule has 0 spiro atoms. The smallest absolute Gasteiger partial charge is 0.331 e. The molecule has 0 saturated carbocycles. The molecule has 0 amide bonds. The van der Waals surface area contributed by atoms with Gasteiger partial charge in [-0.15, -0.1) is 0 Å². The first-order chi connectivity index (χ1) is 8.99. The summed E-state index contributed by atoms with van der Waals surface area (Å²) in [5.41, 5.74) is 0. The van der Waals surface area contributed by atoms with Gasteiger partial charge in [0.05, 0.1) is 32.4 Å². The largest absolute Gasteiger partial charge is 0.469 e. The van der Waals surface area contributed by atoms with E-state index in [1.165, 1.54) is 7.11 Å². The molecule has 1 unspecified atom stereocenters. The Hall–Kier alpha value is -0.380. The number of rotatable bonds is 11. The summed E-state index contributed by atoms with van der Waals surface area (Å²) in [5.74, 6) is -0.877. The molecule has 0 aliphatic heterocycles. The maximum absolute atomic E-state index is 12.5. The van der Waals surface area contributed by atoms with Gasteiger partial charge in [-0.25, -0.2) is 0 Å². The third kappa shape index (κ3) is 8.40. The molecule has 0 heterocycles. The average molecular weight is 294 g/mol. The van der Waals surface area contributed by atoms with Gasteiger partial charge in [0.15, 0.2) is 0 Å². The Kier molecular flexibility index (Phi) is 10.2. The molecule has 5 nitrogen and oxygen atoms in total. The summed E-state index contributed by atoms with van der Waals surface area (Å²) in [5, 5.41) is 0. The fraction of sp³-hybridized carbons (Fsp3) is 0.923. The minimum absolute atomic E-state index is 0.0765. The van der Waals surface area contributed by atoms with Crippen LogP contribution >= 0.6 is 7.60 Å². The highest BCUT2D eigenvalue weighted by Gasteiger charge is 2.30. The Morgan fingerprint density at radius 1 is 1.11 bits per heavy atom. The van der Waals surface area contributed by atoms with Crippen LogP contribution in [0.15, 0.2) is 0 Å². The van der Waals surface area contributed by atoms with E-state index in [4.69, 9.17) is 9.05 Å². The summed E-state index contributed by atoms with van der Waals surface area (Å²) < 4.78 is 28.0. The van der Waals surface area contributed by atoms with Crippen LogP contribution in [0.3, 0.4) is 0 Å². The fourth-order valence-corrected chi connectivity index (χ4v) is 3.37. The summed E-state index contributed by atoms with van der Waals surface area (Å²) in [6.45, 7) is 6.53. The zero-order valence-corrected chi connectivity index (χ0v) is 13.4. The van der Waals surface area contributed by atoms with Crippen molar-refractivity contribution < 1.29 is 23.1 Å². The van der Waals surface area contributed by atoms with Gasteiger partial charge in [0, 0.05) is 0 Å². The number of hydrogen-bond donors (Lipinski definition) is 0. The molecule has 0 N–H and O–H groups in total. The van der Waals surface area contributed by atoms with E-state index >= 15 is 0 Å². The van der Waals surface area contributed by atoms with E-state index in [-0.39, 0.29) is 6.16 Å². The third-order valence-electron chi connectivity index (χ3n) is 2.67. The number of esters is 1. The molecule has 0 aromatic rings. The predicted octanol–water partition coefficient (Wildman–Crippen LogP) is 3.62. The van der Waals surface area contributed by atoms with Gasteiger partial charge in [0.1, 0.15) is 0 Å². The monoisotopic (exact) mass is 294 g/mol. The van der Waals surface area contributed by atoms with E-state index in [2.05, 4.69) is 4.74 Å². The van der Waals surface area contributed by atoms with Crippen LogP contribution in [-0.4, -0.2) is 32.5 Å². The van der Waals surface area contributed by atoms with Gasteiger partial charge >= 0.3 is 13.6 Å². The van der Waals surface area contributed by atoms with Gasteiger partial charge in [-0.2, -0.15) is 0 Å². The lowest BCUT2D eigenvalue weighted by molar-refractivity contribution is -0.144. The van der Waals surface area contributed by atoms with Crippen molar-refractivity contribution >= 4 is 13.6 Å². The number of carbonyl (C=O) groups excluding carboxylic acids is 1. The molecule has 0 aliphatic carbocycles. The molecule has 0 aliphatic rings. The predicted molar refractivity (Wildman–Crippen MR) is 75.4 cm³/mol. The Morgan fingerprint density at radius 3 is 1.95 bits per heavy atom. The first-order valence-corrected chi connectivity index (χ1v) is 8.67. The Bertz CT molecular complexity index is 279. The lowest BCUT2D eigenvalue weighted by Crippen LogP contribution is -2.18. The Labute approximate surface area is 116 Å². The molecule has 0 saturated heterocycles. The molecule has 19 heavy (non-hydrogen) atoms. The van der Waals surface area contributed by atoms with Gasteiger partial charge in [0.2, 0.25) is 0 Å². The summed E-state index contributed by atoms with van der Waals surface area (Å²) in [7, 11) is -1.88. The van der Waals surface area contributed by atoms with E-state index in [1.807, 2.05) is 13.8 Å². The zero-order valence-electron chi connectivity index (χ0n) is 12.5. The summed E-state index contributed by atoms with van der Waals surface area (Å²) in [6, 6.07) is 0. The number of unbranched alkanes of at least 4 members (excludes halogenated alkanes) is 2. The molecule has 0 bridgehead atoms. The normalized spacial score (nSPS) is 13.3. The highest BCUT2D eigenvalue weighted by Crippen LogP contribution is 2.50. The first-order valence-electron chi connectivity index (χ1n) is 6.95. The van der Waals surface area contributed by atoms with Crippen molar-refractivity contribution in [3.05, 3.63) is 0 Å². The van der Waals surface area contributed by atoms with Gasteiger partial charge in [0.25, 0.3) is 0 Å². The molecule has 0 radical (unpaired) electrons. The van der Waals surface area contributed by atoms with Crippen LogP contribution in [0.25, 0.3) is 0 Å². The second-order valence-electron chi connectivity index (χ2n) is 4.59. The second-order valence-corrected chi connectivity index (χ2v) is 6.69. The molecule has 0 fully saturated rings. The second kappa shape index (κ2) is 10.4. The summed E-state index contributed by atoms with van der Waals surface area (Å²) in [6.07, 6.45) is 3.65. The van der Waals surface area contributed by atoms with Crippen molar-refractivity contribution in [2.45, 2.75) is 46.5 Å². The van der Waals surface area contributed by atoms with Crippen LogP contribution in [0.5, 0.6) is 0 Å². The summed E-state index contributed by atoms with van der Waals surface area (Å²) in [4.78, 5) is 11.4. The van der Waals surface area contributed by atoms with Crippen molar-refractivity contribution in [3.63, 3.8) is 0 Å². The zero-order chi connectivity index (χ0) is 14.7. The van der Waals surface area contributed by atoms with Gasteiger partial charge in [-0.1, -0.05) is 33.6 Å². The summed E-state index contributed by atoms with van der Waals surface area (Å²) >= 11 is 0. The van der Waals surface area contributed by atoms with Crippen molar-refractivity contribution in [1.29, 1.82) is 0 Å². The molecule has 0 aromatic heterocycles. The standard InChI is InChI=1S/C13H27O5P/c1-5-7-9-17-19(15,18-10-8-6-2)11-12(3)13(14)16-4/h12H,5-11H2,1-4H3. The van der Waals surface area contributed by atoms with Crippen LogP contribution in [0, 0.1) is 5.92 Å². The molecule has 0 aromatic carbocycles. The lowest BCUT2D eigenvalue weighted by Gasteiger charge is -2.20. The topological polar surface area (TPSA) is 61.8 Å². The number of hydrogen-bond acceptors (Lipinski definition) is 5. The quantitative estimate of drug-likeness (QED) is 0.331. The van der Waals surface area contributed by atoms with Crippen molar-refractivity contribution in [1.82, 2.24) is 0 Å². The Morgan fingerprint density at radius 2 is 1.58 bits per heavy atom. The highest BCUT2D eigenvalue weighted by atomic mass is 31.2. The van der Waals surface area contributed by atoms with Crippen LogP contribution in [0.2, 0.25) is 0 Å². The minimum atomic E-state index is -3.20. The van der Waals surface area contributed by atoms with Gasteiger partial charge in [-0.05, 0) is 12.8 Å². The minimum Gasteiger partial charge on any atom is -0.469 e. The van der Waals surface area contributed by atoms with Gasteiger partial charge in [-0.3, -0.25) is 9.36 Å². The Balaban J connectivity index is 4.46. The highest BCUT2D eigenvalue weighted by molar-refractivity contribution is 7.53.